The van der Waals surface area contributed by atoms with E-state index in [0.29, 0.717) is 6.54 Å². The summed E-state index contributed by atoms with van der Waals surface area (Å²) >= 11 is 0.921. The van der Waals surface area contributed by atoms with Crippen molar-refractivity contribution in [3.05, 3.63) is 11.2 Å². The number of carbonyl (C=O) groups excluding carboxylic acids is 1. The molecule has 0 aliphatic heterocycles. The van der Waals surface area contributed by atoms with Crippen LogP contribution in [0.4, 0.5) is 0 Å². The van der Waals surface area contributed by atoms with Crippen LogP contribution in [-0.4, -0.2) is 33.0 Å². The third kappa shape index (κ3) is 4.24. The molecule has 21 heavy (non-hydrogen) atoms. The van der Waals surface area contributed by atoms with E-state index in [1.807, 2.05) is 0 Å². The minimum Gasteiger partial charge on any atom is -0.464 e. The molecule has 1 fully saturated rings. The molecule has 0 unspecified atom stereocenters. The summed E-state index contributed by atoms with van der Waals surface area (Å²) in [6.45, 7) is 0.386. The molecule has 0 atom stereocenters. The predicted molar refractivity (Wildman–Crippen MR) is 79.8 cm³/mol. The summed E-state index contributed by atoms with van der Waals surface area (Å²) in [7, 11) is -2.49. The van der Waals surface area contributed by atoms with Gasteiger partial charge >= 0.3 is 5.97 Å². The first-order chi connectivity index (χ1) is 10.0. The average molecular weight is 332 g/mol. The van der Waals surface area contributed by atoms with E-state index in [-0.39, 0.29) is 9.90 Å². The quantitative estimate of drug-likeness (QED) is 0.611. The molecule has 1 aromatic heterocycles. The van der Waals surface area contributed by atoms with Gasteiger partial charge in [-0.3, -0.25) is 0 Å². The summed E-state index contributed by atoms with van der Waals surface area (Å²) in [5.41, 5.74) is 1.19. The third-order valence-corrected chi connectivity index (χ3v) is 6.54. The van der Waals surface area contributed by atoms with Crippen molar-refractivity contribution in [1.82, 2.24) is 9.71 Å². The van der Waals surface area contributed by atoms with Gasteiger partial charge in [0.05, 0.1) is 12.6 Å². The number of esters is 1. The fraction of sp³-hybridized carbons (Fsp3) is 0.692. The number of rotatable bonds is 7. The lowest BCUT2D eigenvalue weighted by Gasteiger charge is -2.09. The van der Waals surface area contributed by atoms with Gasteiger partial charge in [0.15, 0.2) is 9.90 Å². The molecule has 8 heteroatoms. The maximum Gasteiger partial charge on any atom is 0.358 e. The Labute approximate surface area is 129 Å². The zero-order chi connectivity index (χ0) is 15.3. The van der Waals surface area contributed by atoms with Gasteiger partial charge in [-0.25, -0.2) is 22.9 Å². The lowest BCUT2D eigenvalue weighted by atomic mass is 10.0. The largest absolute Gasteiger partial charge is 0.464 e. The zero-order valence-corrected chi connectivity index (χ0v) is 13.6. The van der Waals surface area contributed by atoms with Crippen molar-refractivity contribution in [1.29, 1.82) is 0 Å². The van der Waals surface area contributed by atoms with Crippen LogP contribution in [0.15, 0.2) is 9.72 Å². The van der Waals surface area contributed by atoms with Gasteiger partial charge in [-0.2, -0.15) is 0 Å². The molecule has 1 aliphatic carbocycles. The zero-order valence-electron chi connectivity index (χ0n) is 12.0. The van der Waals surface area contributed by atoms with E-state index in [1.54, 1.807) is 0 Å². The maximum atomic E-state index is 12.2. The summed E-state index contributed by atoms with van der Waals surface area (Å²) in [4.78, 5) is 15.2. The molecule has 0 spiro atoms. The molecule has 0 saturated heterocycles. The highest BCUT2D eigenvalue weighted by Gasteiger charge is 2.26. The molecule has 0 aromatic carbocycles. The molecule has 1 N–H and O–H groups in total. The van der Waals surface area contributed by atoms with E-state index in [2.05, 4.69) is 14.4 Å². The van der Waals surface area contributed by atoms with Crippen molar-refractivity contribution in [2.45, 2.75) is 42.7 Å². The fourth-order valence-electron chi connectivity index (χ4n) is 2.62. The van der Waals surface area contributed by atoms with Crippen LogP contribution in [0.5, 0.6) is 0 Å². The van der Waals surface area contributed by atoms with Gasteiger partial charge in [-0.15, -0.1) is 11.3 Å². The van der Waals surface area contributed by atoms with Crippen molar-refractivity contribution in [3.8, 4) is 0 Å². The lowest BCUT2D eigenvalue weighted by molar-refractivity contribution is 0.0590. The molecular weight excluding hydrogens is 312 g/mol. The summed E-state index contributed by atoms with van der Waals surface area (Å²) in [5, 5.41) is 0. The number of nitrogens with zero attached hydrogens (tertiary/aromatic N) is 1. The molecule has 0 radical (unpaired) electrons. The number of sulfonamides is 1. The number of ether oxygens (including phenoxy) is 1. The first-order valence-electron chi connectivity index (χ1n) is 7.06. The minimum atomic E-state index is -3.69. The second-order valence-corrected chi connectivity index (χ2v) is 7.99. The molecule has 6 nitrogen and oxygen atoms in total. The Bertz CT molecular complexity index is 577. The van der Waals surface area contributed by atoms with Crippen LogP contribution in [0, 0.1) is 5.92 Å². The summed E-state index contributed by atoms with van der Waals surface area (Å²) in [6.07, 6.45) is 6.97. The first-order valence-corrected chi connectivity index (χ1v) is 9.42. The number of hydrogen-bond donors (Lipinski definition) is 1. The minimum absolute atomic E-state index is 0.0739. The highest BCUT2D eigenvalue weighted by molar-refractivity contribution is 7.91. The molecule has 2 rings (SSSR count). The molecule has 1 heterocycles. The van der Waals surface area contributed by atoms with Gasteiger partial charge < -0.3 is 4.74 Å². The van der Waals surface area contributed by atoms with Crippen LogP contribution in [0.2, 0.25) is 0 Å². The Hall–Kier alpha value is -0.990. The number of carbonyl (C=O) groups is 1. The van der Waals surface area contributed by atoms with Gasteiger partial charge in [0.25, 0.3) is 10.0 Å². The van der Waals surface area contributed by atoms with Crippen LogP contribution >= 0.6 is 11.3 Å². The van der Waals surface area contributed by atoms with E-state index >= 15 is 0 Å². The van der Waals surface area contributed by atoms with E-state index in [1.165, 1.54) is 38.3 Å². The van der Waals surface area contributed by atoms with Crippen molar-refractivity contribution in [2.24, 2.45) is 5.92 Å². The second-order valence-electron chi connectivity index (χ2n) is 5.17. The van der Waals surface area contributed by atoms with Crippen LogP contribution < -0.4 is 4.72 Å². The van der Waals surface area contributed by atoms with E-state index in [9.17, 15) is 13.2 Å². The average Bonchev–Trinajstić information content (AvgIpc) is 3.13. The van der Waals surface area contributed by atoms with Crippen LogP contribution in [0.25, 0.3) is 0 Å². The van der Waals surface area contributed by atoms with Crippen molar-refractivity contribution in [3.63, 3.8) is 0 Å². The molecule has 1 aliphatic rings. The normalized spacial score (nSPS) is 16.2. The van der Waals surface area contributed by atoms with Crippen LogP contribution in [0.1, 0.15) is 49.0 Å². The molecule has 0 amide bonds. The smallest absolute Gasteiger partial charge is 0.358 e. The highest BCUT2D eigenvalue weighted by Crippen LogP contribution is 2.28. The number of thiazole rings is 1. The second kappa shape index (κ2) is 7.33. The van der Waals surface area contributed by atoms with Gasteiger partial charge in [-0.1, -0.05) is 25.7 Å². The van der Waals surface area contributed by atoms with Crippen LogP contribution in [-0.2, 0) is 14.8 Å². The topological polar surface area (TPSA) is 85.4 Å². The lowest BCUT2D eigenvalue weighted by Crippen LogP contribution is -2.26. The molecule has 0 bridgehead atoms. The predicted octanol–water partition coefficient (Wildman–Crippen LogP) is 2.18. The highest BCUT2D eigenvalue weighted by atomic mass is 32.2. The number of methoxy groups -OCH3 is 1. The third-order valence-electron chi connectivity index (χ3n) is 3.71. The standard InChI is InChI=1S/C13H20N2O4S2/c1-19-12(16)11-13(20-9-14-11)21(17,18)15-8-4-7-10-5-2-3-6-10/h9-10,15H,2-8H2,1H3. The maximum absolute atomic E-state index is 12.2. The van der Waals surface area contributed by atoms with Crippen molar-refractivity contribution in [2.75, 3.05) is 13.7 Å². The first kappa shape index (κ1) is 16.4. The number of nitrogens with one attached hydrogen (secondary N) is 1. The molecule has 118 valence electrons. The van der Waals surface area contributed by atoms with E-state index in [4.69, 9.17) is 0 Å². The Morgan fingerprint density at radius 2 is 2.19 bits per heavy atom. The SMILES string of the molecule is COC(=O)c1ncsc1S(=O)(=O)NCCCC1CCCC1. The van der Waals surface area contributed by atoms with E-state index in [0.717, 1.165) is 30.1 Å². The molecule has 1 saturated carbocycles. The van der Waals surface area contributed by atoms with Gasteiger partial charge in [0, 0.05) is 6.54 Å². The molecule has 1 aromatic rings. The summed E-state index contributed by atoms with van der Waals surface area (Å²) in [6, 6.07) is 0. The molecular formula is C13H20N2O4S2. The van der Waals surface area contributed by atoms with Gasteiger partial charge in [0.1, 0.15) is 0 Å². The van der Waals surface area contributed by atoms with E-state index < -0.39 is 16.0 Å². The Morgan fingerprint density at radius 3 is 2.86 bits per heavy atom. The van der Waals surface area contributed by atoms with Gasteiger partial charge in [0.2, 0.25) is 0 Å². The van der Waals surface area contributed by atoms with Crippen LogP contribution in [0.3, 0.4) is 0 Å². The van der Waals surface area contributed by atoms with Gasteiger partial charge in [-0.05, 0) is 18.8 Å². The number of hydrogen-bond acceptors (Lipinski definition) is 6. The Kier molecular flexibility index (Phi) is 5.72. The monoisotopic (exact) mass is 332 g/mol. The number of aromatic nitrogens is 1. The fourth-order valence-corrected chi connectivity index (χ4v) is 4.87. The Balaban J connectivity index is 1.89. The summed E-state index contributed by atoms with van der Waals surface area (Å²) < 4.78 is 31.4. The van der Waals surface area contributed by atoms with Crippen molar-refractivity contribution < 1.29 is 17.9 Å². The Morgan fingerprint density at radius 1 is 1.48 bits per heavy atom. The summed E-state index contributed by atoms with van der Waals surface area (Å²) in [5.74, 6) is 0.00567. The van der Waals surface area contributed by atoms with Crippen molar-refractivity contribution >= 4 is 27.3 Å².